The van der Waals surface area contributed by atoms with E-state index in [0.29, 0.717) is 5.91 Å². The standard InChI is InChI=1S/C19H18BrNO/c20-18-6-5-14-9-17(10-16(14)11-18)19(22)21-8-7-13-3-1-2-4-15(13)12-21/h1-6,11,17H,7-10,12H2. The first-order valence-electron chi connectivity index (χ1n) is 7.83. The zero-order valence-corrected chi connectivity index (χ0v) is 14.0. The predicted molar refractivity (Wildman–Crippen MR) is 90.6 cm³/mol. The highest BCUT2D eigenvalue weighted by Crippen LogP contribution is 2.31. The fraction of sp³-hybridized carbons (Fsp3) is 0.316. The fourth-order valence-electron chi connectivity index (χ4n) is 3.70. The van der Waals surface area contributed by atoms with Crippen LogP contribution in [0.5, 0.6) is 0 Å². The molecule has 1 atom stereocenters. The summed E-state index contributed by atoms with van der Waals surface area (Å²) < 4.78 is 1.10. The van der Waals surface area contributed by atoms with Crippen LogP contribution < -0.4 is 0 Å². The lowest BCUT2D eigenvalue weighted by Crippen LogP contribution is -2.40. The van der Waals surface area contributed by atoms with E-state index in [0.717, 1.165) is 36.8 Å². The molecule has 1 aliphatic carbocycles. The van der Waals surface area contributed by atoms with Gasteiger partial charge >= 0.3 is 0 Å². The average molecular weight is 356 g/mol. The van der Waals surface area contributed by atoms with Crippen LogP contribution in [-0.2, 0) is 30.6 Å². The second-order valence-corrected chi connectivity index (χ2v) is 7.21. The van der Waals surface area contributed by atoms with Gasteiger partial charge < -0.3 is 4.90 Å². The van der Waals surface area contributed by atoms with Crippen molar-refractivity contribution < 1.29 is 4.79 Å². The Bertz CT molecular complexity index is 740. The SMILES string of the molecule is O=C(C1Cc2ccc(Br)cc2C1)N1CCc2ccccc2C1. The van der Waals surface area contributed by atoms with Gasteiger partial charge in [-0.25, -0.2) is 0 Å². The highest BCUT2D eigenvalue weighted by Gasteiger charge is 2.32. The van der Waals surface area contributed by atoms with Crippen LogP contribution in [0.2, 0.25) is 0 Å². The summed E-state index contributed by atoms with van der Waals surface area (Å²) >= 11 is 3.52. The van der Waals surface area contributed by atoms with Gasteiger partial charge in [-0.2, -0.15) is 0 Å². The van der Waals surface area contributed by atoms with Crippen LogP contribution in [0.1, 0.15) is 22.3 Å². The largest absolute Gasteiger partial charge is 0.338 e. The minimum atomic E-state index is 0.120. The van der Waals surface area contributed by atoms with Crippen LogP contribution in [-0.4, -0.2) is 17.4 Å². The van der Waals surface area contributed by atoms with Gasteiger partial charge in [0.05, 0.1) is 0 Å². The molecule has 112 valence electrons. The van der Waals surface area contributed by atoms with Crippen molar-refractivity contribution in [3.63, 3.8) is 0 Å². The number of nitrogens with zero attached hydrogens (tertiary/aromatic N) is 1. The van der Waals surface area contributed by atoms with E-state index in [-0.39, 0.29) is 5.92 Å². The Balaban J connectivity index is 1.50. The summed E-state index contributed by atoms with van der Waals surface area (Å²) in [4.78, 5) is 14.9. The van der Waals surface area contributed by atoms with Gasteiger partial charge in [-0.05, 0) is 53.6 Å². The first kappa shape index (κ1) is 14.0. The first-order valence-corrected chi connectivity index (χ1v) is 8.63. The van der Waals surface area contributed by atoms with E-state index < -0.39 is 0 Å². The van der Waals surface area contributed by atoms with Crippen molar-refractivity contribution in [2.24, 2.45) is 5.92 Å². The number of carbonyl (C=O) groups is 1. The number of halogens is 1. The Morgan fingerprint density at radius 3 is 2.64 bits per heavy atom. The minimum Gasteiger partial charge on any atom is -0.338 e. The Labute approximate surface area is 139 Å². The normalized spacial score (nSPS) is 19.7. The van der Waals surface area contributed by atoms with E-state index in [2.05, 4.69) is 58.4 Å². The van der Waals surface area contributed by atoms with Gasteiger partial charge in [-0.3, -0.25) is 4.79 Å². The van der Waals surface area contributed by atoms with Crippen LogP contribution in [0.25, 0.3) is 0 Å². The number of hydrogen-bond donors (Lipinski definition) is 0. The topological polar surface area (TPSA) is 20.3 Å². The molecule has 22 heavy (non-hydrogen) atoms. The molecule has 3 heteroatoms. The van der Waals surface area contributed by atoms with Crippen molar-refractivity contribution in [2.45, 2.75) is 25.8 Å². The Kier molecular flexibility index (Phi) is 3.53. The number of hydrogen-bond acceptors (Lipinski definition) is 1. The van der Waals surface area contributed by atoms with Crippen LogP contribution >= 0.6 is 15.9 Å². The molecule has 4 rings (SSSR count). The predicted octanol–water partition coefficient (Wildman–Crippen LogP) is 3.75. The molecule has 0 aromatic heterocycles. The van der Waals surface area contributed by atoms with Gasteiger partial charge in [-0.1, -0.05) is 46.3 Å². The van der Waals surface area contributed by atoms with Gasteiger partial charge in [0.2, 0.25) is 5.91 Å². The Morgan fingerprint density at radius 2 is 1.77 bits per heavy atom. The highest BCUT2D eigenvalue weighted by atomic mass is 79.9. The molecule has 0 radical (unpaired) electrons. The van der Waals surface area contributed by atoms with Crippen molar-refractivity contribution in [2.75, 3.05) is 6.54 Å². The summed E-state index contributed by atoms with van der Waals surface area (Å²) in [5.41, 5.74) is 5.36. The Hall–Kier alpha value is -1.61. The summed E-state index contributed by atoms with van der Waals surface area (Å²) in [5, 5.41) is 0. The molecule has 1 amide bonds. The molecular weight excluding hydrogens is 338 g/mol. The second kappa shape index (κ2) is 5.54. The third-order valence-electron chi connectivity index (χ3n) is 4.89. The zero-order valence-electron chi connectivity index (χ0n) is 12.4. The van der Waals surface area contributed by atoms with Gasteiger partial charge in [0, 0.05) is 23.5 Å². The average Bonchev–Trinajstić information content (AvgIpc) is 2.96. The van der Waals surface area contributed by atoms with Crippen LogP contribution in [0.4, 0.5) is 0 Å². The van der Waals surface area contributed by atoms with E-state index >= 15 is 0 Å². The van der Waals surface area contributed by atoms with Crippen molar-refractivity contribution >= 4 is 21.8 Å². The summed E-state index contributed by atoms with van der Waals surface area (Å²) in [6, 6.07) is 14.9. The highest BCUT2D eigenvalue weighted by molar-refractivity contribution is 9.10. The number of benzene rings is 2. The molecule has 0 saturated carbocycles. The van der Waals surface area contributed by atoms with Gasteiger partial charge in [0.1, 0.15) is 0 Å². The maximum absolute atomic E-state index is 12.9. The molecule has 2 aliphatic rings. The third-order valence-corrected chi connectivity index (χ3v) is 5.39. The van der Waals surface area contributed by atoms with Crippen molar-refractivity contribution in [1.29, 1.82) is 0 Å². The number of fused-ring (bicyclic) bond motifs is 2. The van der Waals surface area contributed by atoms with Crippen LogP contribution in [0, 0.1) is 5.92 Å². The number of rotatable bonds is 1. The molecule has 1 heterocycles. The maximum atomic E-state index is 12.9. The molecule has 0 N–H and O–H groups in total. The summed E-state index contributed by atoms with van der Waals surface area (Å²) in [5.74, 6) is 0.441. The molecule has 1 aliphatic heterocycles. The van der Waals surface area contributed by atoms with E-state index in [1.54, 1.807) is 0 Å². The van der Waals surface area contributed by atoms with E-state index in [1.165, 1.54) is 22.3 Å². The lowest BCUT2D eigenvalue weighted by atomic mass is 9.97. The molecular formula is C19H18BrNO. The van der Waals surface area contributed by atoms with E-state index in [9.17, 15) is 4.79 Å². The smallest absolute Gasteiger partial charge is 0.226 e. The lowest BCUT2D eigenvalue weighted by Gasteiger charge is -2.30. The van der Waals surface area contributed by atoms with Crippen LogP contribution in [0.15, 0.2) is 46.9 Å². The monoisotopic (exact) mass is 355 g/mol. The van der Waals surface area contributed by atoms with Crippen molar-refractivity contribution in [3.05, 3.63) is 69.2 Å². The lowest BCUT2D eigenvalue weighted by molar-refractivity contribution is -0.136. The number of amides is 1. The van der Waals surface area contributed by atoms with E-state index in [1.807, 2.05) is 4.90 Å². The molecule has 0 bridgehead atoms. The van der Waals surface area contributed by atoms with Gasteiger partial charge in [-0.15, -0.1) is 0 Å². The third kappa shape index (κ3) is 2.48. The zero-order chi connectivity index (χ0) is 15.1. The molecule has 2 nitrogen and oxygen atoms in total. The molecule has 0 fully saturated rings. The fourth-order valence-corrected chi connectivity index (χ4v) is 4.11. The number of carbonyl (C=O) groups excluding carboxylic acids is 1. The minimum absolute atomic E-state index is 0.120. The second-order valence-electron chi connectivity index (χ2n) is 6.30. The molecule has 2 aromatic carbocycles. The maximum Gasteiger partial charge on any atom is 0.226 e. The first-order chi connectivity index (χ1) is 10.7. The molecule has 0 spiro atoms. The molecule has 0 saturated heterocycles. The molecule has 1 unspecified atom stereocenters. The summed E-state index contributed by atoms with van der Waals surface area (Å²) in [6.07, 6.45) is 2.75. The summed E-state index contributed by atoms with van der Waals surface area (Å²) in [7, 11) is 0. The van der Waals surface area contributed by atoms with Crippen LogP contribution in [0.3, 0.4) is 0 Å². The summed E-state index contributed by atoms with van der Waals surface area (Å²) in [6.45, 7) is 1.62. The van der Waals surface area contributed by atoms with Crippen molar-refractivity contribution in [3.8, 4) is 0 Å². The van der Waals surface area contributed by atoms with E-state index in [4.69, 9.17) is 0 Å². The van der Waals surface area contributed by atoms with Crippen molar-refractivity contribution in [1.82, 2.24) is 4.90 Å². The van der Waals surface area contributed by atoms with Gasteiger partial charge in [0.15, 0.2) is 0 Å². The Morgan fingerprint density at radius 1 is 1.00 bits per heavy atom. The quantitative estimate of drug-likeness (QED) is 0.762. The van der Waals surface area contributed by atoms with Gasteiger partial charge in [0.25, 0.3) is 0 Å². The molecule has 2 aromatic rings.